The minimum Gasteiger partial charge on any atom is -0.466 e. The summed E-state index contributed by atoms with van der Waals surface area (Å²) in [5.41, 5.74) is 1.62. The summed E-state index contributed by atoms with van der Waals surface area (Å²) in [6, 6.07) is 1.85. The second-order valence-electron chi connectivity index (χ2n) is 4.07. The van der Waals surface area contributed by atoms with E-state index in [9.17, 15) is 4.79 Å². The Morgan fingerprint density at radius 2 is 2.25 bits per heavy atom. The largest absolute Gasteiger partial charge is 0.466 e. The molecule has 7 heteroatoms. The van der Waals surface area contributed by atoms with Crippen molar-refractivity contribution in [2.75, 3.05) is 11.9 Å². The van der Waals surface area contributed by atoms with E-state index in [1.807, 2.05) is 18.4 Å². The first-order chi connectivity index (χ1) is 9.67. The first-order valence-electron chi connectivity index (χ1n) is 6.29. The Bertz CT molecular complexity index is 585. The highest BCUT2D eigenvalue weighted by atomic mass is 32.1. The van der Waals surface area contributed by atoms with Crippen LogP contribution in [0.4, 0.5) is 5.13 Å². The molecule has 2 aromatic heterocycles. The summed E-state index contributed by atoms with van der Waals surface area (Å²) in [5, 5.41) is 5.79. The molecule has 0 amide bonds. The van der Waals surface area contributed by atoms with Crippen molar-refractivity contribution in [3.63, 3.8) is 0 Å². The van der Waals surface area contributed by atoms with Gasteiger partial charge in [0.15, 0.2) is 5.13 Å². The van der Waals surface area contributed by atoms with Crippen LogP contribution in [-0.2, 0) is 22.5 Å². The van der Waals surface area contributed by atoms with Crippen LogP contribution in [0.3, 0.4) is 0 Å². The van der Waals surface area contributed by atoms with Crippen molar-refractivity contribution in [1.29, 1.82) is 0 Å². The molecule has 0 unspecified atom stereocenters. The number of aryl methyl sites for hydroxylation is 1. The predicted molar refractivity (Wildman–Crippen MR) is 76.5 cm³/mol. The van der Waals surface area contributed by atoms with Crippen LogP contribution < -0.4 is 5.32 Å². The lowest BCUT2D eigenvalue weighted by Crippen LogP contribution is -2.08. The molecular weight excluding hydrogens is 276 g/mol. The number of thiazole rings is 1. The van der Waals surface area contributed by atoms with Crippen molar-refractivity contribution in [3.8, 4) is 0 Å². The fourth-order valence-corrected chi connectivity index (χ4v) is 2.31. The number of ether oxygens (including phenoxy) is 1. The molecule has 2 rings (SSSR count). The third-order valence-corrected chi connectivity index (χ3v) is 3.29. The van der Waals surface area contributed by atoms with Gasteiger partial charge in [0, 0.05) is 11.6 Å². The molecule has 0 radical (unpaired) electrons. The van der Waals surface area contributed by atoms with E-state index >= 15 is 0 Å². The third-order valence-electron chi connectivity index (χ3n) is 2.44. The van der Waals surface area contributed by atoms with Gasteiger partial charge in [0.2, 0.25) is 0 Å². The van der Waals surface area contributed by atoms with Crippen molar-refractivity contribution in [2.24, 2.45) is 0 Å². The number of carbonyl (C=O) groups excluding carboxylic acids is 1. The maximum absolute atomic E-state index is 11.3. The van der Waals surface area contributed by atoms with Crippen LogP contribution in [0.25, 0.3) is 0 Å². The number of nitrogens with zero attached hydrogens (tertiary/aromatic N) is 3. The molecule has 0 spiro atoms. The molecule has 0 atom stereocenters. The third kappa shape index (κ3) is 4.27. The van der Waals surface area contributed by atoms with Crippen LogP contribution in [0.1, 0.15) is 24.1 Å². The Hall–Kier alpha value is -2.02. The number of aromatic nitrogens is 3. The van der Waals surface area contributed by atoms with Crippen molar-refractivity contribution in [3.05, 3.63) is 34.9 Å². The highest BCUT2D eigenvalue weighted by Crippen LogP contribution is 2.16. The number of anilines is 1. The average molecular weight is 292 g/mol. The Morgan fingerprint density at radius 1 is 1.40 bits per heavy atom. The van der Waals surface area contributed by atoms with Crippen molar-refractivity contribution >= 4 is 22.4 Å². The van der Waals surface area contributed by atoms with Crippen LogP contribution in [0.5, 0.6) is 0 Å². The van der Waals surface area contributed by atoms with E-state index in [-0.39, 0.29) is 12.4 Å². The quantitative estimate of drug-likeness (QED) is 0.820. The van der Waals surface area contributed by atoms with Crippen molar-refractivity contribution < 1.29 is 9.53 Å². The average Bonchev–Trinajstić information content (AvgIpc) is 2.84. The summed E-state index contributed by atoms with van der Waals surface area (Å²) in [6.45, 7) is 4.61. The zero-order valence-corrected chi connectivity index (χ0v) is 12.2. The van der Waals surface area contributed by atoms with Crippen molar-refractivity contribution in [2.45, 2.75) is 26.8 Å². The van der Waals surface area contributed by atoms with Gasteiger partial charge in [0.1, 0.15) is 5.82 Å². The lowest BCUT2D eigenvalue weighted by molar-refractivity contribution is -0.142. The van der Waals surface area contributed by atoms with E-state index in [4.69, 9.17) is 4.74 Å². The fraction of sp³-hybridized carbons (Fsp3) is 0.385. The maximum atomic E-state index is 11.3. The van der Waals surface area contributed by atoms with Gasteiger partial charge in [-0.2, -0.15) is 0 Å². The molecule has 0 bridgehead atoms. The first-order valence-corrected chi connectivity index (χ1v) is 7.17. The number of hydrogen-bond donors (Lipinski definition) is 1. The lowest BCUT2D eigenvalue weighted by Gasteiger charge is -2.02. The molecule has 0 aliphatic heterocycles. The first kappa shape index (κ1) is 14.4. The highest BCUT2D eigenvalue weighted by molar-refractivity contribution is 7.13. The van der Waals surface area contributed by atoms with E-state index in [2.05, 4.69) is 20.3 Å². The van der Waals surface area contributed by atoms with Crippen LogP contribution in [0.15, 0.2) is 17.6 Å². The van der Waals surface area contributed by atoms with Crippen LogP contribution in [0, 0.1) is 6.92 Å². The SMILES string of the molecule is CCOC(=O)Cc1csc(NCc2ccnc(C)n2)n1. The smallest absolute Gasteiger partial charge is 0.311 e. The Labute approximate surface area is 121 Å². The van der Waals surface area contributed by atoms with Gasteiger partial charge in [-0.05, 0) is 19.9 Å². The summed E-state index contributed by atoms with van der Waals surface area (Å²) in [4.78, 5) is 24.0. The second-order valence-corrected chi connectivity index (χ2v) is 4.93. The van der Waals surface area contributed by atoms with E-state index in [0.717, 1.165) is 22.3 Å². The molecular formula is C13H16N4O2S. The van der Waals surface area contributed by atoms with Crippen LogP contribution >= 0.6 is 11.3 Å². The lowest BCUT2D eigenvalue weighted by atomic mass is 10.3. The zero-order chi connectivity index (χ0) is 14.4. The van der Waals surface area contributed by atoms with Gasteiger partial charge in [-0.3, -0.25) is 4.79 Å². The normalized spacial score (nSPS) is 10.3. The van der Waals surface area contributed by atoms with Gasteiger partial charge in [-0.25, -0.2) is 15.0 Å². The number of hydrogen-bond acceptors (Lipinski definition) is 7. The van der Waals surface area contributed by atoms with Gasteiger partial charge >= 0.3 is 5.97 Å². The molecule has 0 aromatic carbocycles. The van der Waals surface area contributed by atoms with Gasteiger partial charge in [0.25, 0.3) is 0 Å². The molecule has 0 saturated heterocycles. The minimum atomic E-state index is -0.254. The standard InChI is InChI=1S/C13H16N4O2S/c1-3-19-12(18)6-11-8-20-13(17-11)15-7-10-4-5-14-9(2)16-10/h4-5,8H,3,6-7H2,1-2H3,(H,15,17). The Morgan fingerprint density at radius 3 is 3.00 bits per heavy atom. The molecule has 2 aromatic rings. The maximum Gasteiger partial charge on any atom is 0.311 e. The number of carbonyl (C=O) groups is 1. The van der Waals surface area contributed by atoms with Crippen LogP contribution in [0.2, 0.25) is 0 Å². The number of esters is 1. The van der Waals surface area contributed by atoms with Gasteiger partial charge in [0.05, 0.1) is 31.0 Å². The number of rotatable bonds is 6. The summed E-state index contributed by atoms with van der Waals surface area (Å²) in [7, 11) is 0. The van der Waals surface area contributed by atoms with E-state index in [1.54, 1.807) is 13.1 Å². The summed E-state index contributed by atoms with van der Waals surface area (Å²) < 4.78 is 4.89. The molecule has 1 N–H and O–H groups in total. The van der Waals surface area contributed by atoms with Crippen molar-refractivity contribution in [1.82, 2.24) is 15.0 Å². The molecule has 0 aliphatic rings. The molecule has 0 fully saturated rings. The zero-order valence-electron chi connectivity index (χ0n) is 11.4. The molecule has 0 saturated carbocycles. The minimum absolute atomic E-state index is 0.207. The van der Waals surface area contributed by atoms with Gasteiger partial charge in [-0.15, -0.1) is 11.3 Å². The van der Waals surface area contributed by atoms with E-state index < -0.39 is 0 Å². The van der Waals surface area contributed by atoms with E-state index in [1.165, 1.54) is 11.3 Å². The van der Waals surface area contributed by atoms with E-state index in [0.29, 0.717) is 13.2 Å². The molecule has 6 nitrogen and oxygen atoms in total. The summed E-state index contributed by atoms with van der Waals surface area (Å²) in [6.07, 6.45) is 1.94. The molecule has 20 heavy (non-hydrogen) atoms. The Balaban J connectivity index is 1.88. The van der Waals surface area contributed by atoms with Crippen LogP contribution in [-0.4, -0.2) is 27.5 Å². The highest BCUT2D eigenvalue weighted by Gasteiger charge is 2.08. The fourth-order valence-electron chi connectivity index (χ4n) is 1.60. The van der Waals surface area contributed by atoms with Gasteiger partial charge in [-0.1, -0.05) is 0 Å². The van der Waals surface area contributed by atoms with Gasteiger partial charge < -0.3 is 10.1 Å². The molecule has 2 heterocycles. The summed E-state index contributed by atoms with van der Waals surface area (Å²) >= 11 is 1.46. The monoisotopic (exact) mass is 292 g/mol. The second kappa shape index (κ2) is 6.95. The molecule has 106 valence electrons. The number of nitrogens with one attached hydrogen (secondary N) is 1. The Kier molecular flexibility index (Phi) is 5.00. The summed E-state index contributed by atoms with van der Waals surface area (Å²) in [5.74, 6) is 0.488. The molecule has 0 aliphatic carbocycles. The predicted octanol–water partition coefficient (Wildman–Crippen LogP) is 1.96. The topological polar surface area (TPSA) is 77.0 Å².